The summed E-state index contributed by atoms with van der Waals surface area (Å²) in [5.41, 5.74) is 3.12. The molecule has 1 saturated heterocycles. The summed E-state index contributed by atoms with van der Waals surface area (Å²) in [6, 6.07) is 15.5. The number of hydrogen-bond donors (Lipinski definition) is 0. The molecule has 134 valence electrons. The fraction of sp³-hybridized carbons (Fsp3) is 0.286. The van der Waals surface area contributed by atoms with Crippen molar-refractivity contribution in [2.75, 3.05) is 0 Å². The third kappa shape index (κ3) is 3.46. The van der Waals surface area contributed by atoms with Crippen LogP contribution in [0.15, 0.2) is 54.6 Å². The molecule has 26 heavy (non-hydrogen) atoms. The lowest BCUT2D eigenvalue weighted by molar-refractivity contribution is 0.0832. The average molecular weight is 388 g/mol. The number of ether oxygens (including phenoxy) is 1. The largest absolute Gasteiger partial charge is 0.445 e. The molecule has 2 aliphatic heterocycles. The first-order valence-electron chi connectivity index (χ1n) is 8.77. The van der Waals surface area contributed by atoms with Gasteiger partial charge in [0.15, 0.2) is 0 Å². The number of carbonyl (C=O) groups excluding carboxylic acids is 1. The van der Waals surface area contributed by atoms with E-state index in [-0.39, 0.29) is 18.2 Å². The third-order valence-electron chi connectivity index (χ3n) is 5.09. The molecule has 0 radical (unpaired) electrons. The predicted octanol–water partition coefficient (Wildman–Crippen LogP) is 5.95. The predicted molar refractivity (Wildman–Crippen MR) is 104 cm³/mol. The molecule has 2 aromatic carbocycles. The minimum atomic E-state index is -0.242. The molecule has 2 atom stereocenters. The Labute approximate surface area is 163 Å². The van der Waals surface area contributed by atoms with E-state index in [0.29, 0.717) is 16.7 Å². The Morgan fingerprint density at radius 1 is 1.12 bits per heavy atom. The quantitative estimate of drug-likeness (QED) is 0.650. The lowest BCUT2D eigenvalue weighted by Crippen LogP contribution is -2.43. The zero-order valence-corrected chi connectivity index (χ0v) is 15.7. The van der Waals surface area contributed by atoms with Crippen LogP contribution in [0.2, 0.25) is 10.0 Å². The molecule has 0 saturated carbocycles. The van der Waals surface area contributed by atoms with Crippen LogP contribution in [0.4, 0.5) is 4.79 Å². The number of rotatable bonds is 3. The Morgan fingerprint density at radius 2 is 1.92 bits per heavy atom. The lowest BCUT2D eigenvalue weighted by atomic mass is 9.95. The van der Waals surface area contributed by atoms with Crippen LogP contribution >= 0.6 is 23.2 Å². The van der Waals surface area contributed by atoms with Gasteiger partial charge in [-0.1, -0.05) is 59.6 Å². The molecule has 2 heterocycles. The number of carbonyl (C=O) groups is 1. The van der Waals surface area contributed by atoms with E-state index in [2.05, 4.69) is 6.08 Å². The molecule has 1 amide bonds. The van der Waals surface area contributed by atoms with E-state index in [1.54, 1.807) is 6.07 Å². The highest BCUT2D eigenvalue weighted by Gasteiger charge is 2.40. The second-order valence-corrected chi connectivity index (χ2v) is 7.61. The summed E-state index contributed by atoms with van der Waals surface area (Å²) < 4.78 is 5.54. The first-order chi connectivity index (χ1) is 12.6. The van der Waals surface area contributed by atoms with Crippen LogP contribution < -0.4 is 0 Å². The first kappa shape index (κ1) is 17.4. The van der Waals surface area contributed by atoms with Gasteiger partial charge in [0.1, 0.15) is 6.61 Å². The standard InChI is InChI=1S/C21H19Cl2NO2/c22-16-6-9-20(23)19(12-16)15-10-17-7-8-18(11-15)24(17)21(25)26-13-14-4-2-1-3-5-14/h1-6,9-10,12,17-18H,7-8,11,13H2. The Morgan fingerprint density at radius 3 is 2.69 bits per heavy atom. The van der Waals surface area contributed by atoms with E-state index in [9.17, 15) is 4.79 Å². The molecule has 0 N–H and O–H groups in total. The van der Waals surface area contributed by atoms with Gasteiger partial charge < -0.3 is 4.74 Å². The van der Waals surface area contributed by atoms with Gasteiger partial charge in [-0.05, 0) is 54.2 Å². The molecular formula is C21H19Cl2NO2. The van der Waals surface area contributed by atoms with Crippen molar-refractivity contribution in [1.29, 1.82) is 0 Å². The summed E-state index contributed by atoms with van der Waals surface area (Å²) in [6.07, 6.45) is 4.60. The first-order valence-corrected chi connectivity index (χ1v) is 9.52. The van der Waals surface area contributed by atoms with Gasteiger partial charge in [-0.2, -0.15) is 0 Å². The maximum Gasteiger partial charge on any atom is 0.410 e. The number of halogens is 2. The average Bonchev–Trinajstić information content (AvgIpc) is 2.92. The lowest BCUT2D eigenvalue weighted by Gasteiger charge is -2.33. The molecule has 5 heteroatoms. The van der Waals surface area contributed by atoms with Crippen LogP contribution in [0.5, 0.6) is 0 Å². The molecule has 0 spiro atoms. The third-order valence-corrected chi connectivity index (χ3v) is 5.65. The van der Waals surface area contributed by atoms with E-state index >= 15 is 0 Å². The molecule has 3 nitrogen and oxygen atoms in total. The number of hydrogen-bond acceptors (Lipinski definition) is 2. The van der Waals surface area contributed by atoms with Crippen molar-refractivity contribution < 1.29 is 9.53 Å². The van der Waals surface area contributed by atoms with Gasteiger partial charge in [-0.3, -0.25) is 4.90 Å². The Bertz CT molecular complexity index is 850. The van der Waals surface area contributed by atoms with Gasteiger partial charge >= 0.3 is 6.09 Å². The van der Waals surface area contributed by atoms with Crippen molar-refractivity contribution in [2.24, 2.45) is 0 Å². The SMILES string of the molecule is O=C(OCc1ccccc1)N1C2C=C(c3cc(Cl)ccc3Cl)CC1CC2. The minimum Gasteiger partial charge on any atom is -0.445 e. The van der Waals surface area contributed by atoms with E-state index in [1.165, 1.54) is 0 Å². The van der Waals surface area contributed by atoms with Gasteiger partial charge in [0, 0.05) is 16.1 Å². The van der Waals surface area contributed by atoms with Crippen molar-refractivity contribution >= 4 is 34.9 Å². The highest BCUT2D eigenvalue weighted by molar-refractivity contribution is 6.34. The van der Waals surface area contributed by atoms with Crippen LogP contribution in [0.25, 0.3) is 5.57 Å². The molecule has 2 bridgehead atoms. The summed E-state index contributed by atoms with van der Waals surface area (Å²) in [5.74, 6) is 0. The Hall–Kier alpha value is -1.97. The van der Waals surface area contributed by atoms with Gasteiger partial charge in [0.05, 0.1) is 6.04 Å². The summed E-state index contributed by atoms with van der Waals surface area (Å²) >= 11 is 12.5. The molecule has 2 aliphatic rings. The van der Waals surface area contributed by atoms with Crippen molar-refractivity contribution in [1.82, 2.24) is 4.90 Å². The summed E-state index contributed by atoms with van der Waals surface area (Å²) in [5, 5.41) is 1.36. The number of fused-ring (bicyclic) bond motifs is 2. The highest BCUT2D eigenvalue weighted by Crippen LogP contribution is 2.41. The number of nitrogens with zero attached hydrogens (tertiary/aromatic N) is 1. The fourth-order valence-electron chi connectivity index (χ4n) is 3.85. The van der Waals surface area contributed by atoms with Crippen molar-refractivity contribution in [3.8, 4) is 0 Å². The van der Waals surface area contributed by atoms with Crippen molar-refractivity contribution in [3.05, 3.63) is 75.8 Å². The van der Waals surface area contributed by atoms with Crippen LogP contribution in [0.3, 0.4) is 0 Å². The zero-order chi connectivity index (χ0) is 18.1. The topological polar surface area (TPSA) is 29.5 Å². The second kappa shape index (κ2) is 7.34. The van der Waals surface area contributed by atoms with Gasteiger partial charge in [-0.15, -0.1) is 0 Å². The molecular weight excluding hydrogens is 369 g/mol. The Balaban J connectivity index is 1.50. The highest BCUT2D eigenvalue weighted by atomic mass is 35.5. The van der Waals surface area contributed by atoms with Crippen LogP contribution in [-0.4, -0.2) is 23.1 Å². The molecule has 2 aromatic rings. The van der Waals surface area contributed by atoms with Crippen LogP contribution in [-0.2, 0) is 11.3 Å². The van der Waals surface area contributed by atoms with E-state index in [0.717, 1.165) is 36.0 Å². The molecule has 4 rings (SSSR count). The molecule has 0 aliphatic carbocycles. The van der Waals surface area contributed by atoms with Crippen molar-refractivity contribution in [2.45, 2.75) is 38.0 Å². The fourth-order valence-corrected chi connectivity index (χ4v) is 4.26. The molecule has 1 fully saturated rings. The van der Waals surface area contributed by atoms with Crippen LogP contribution in [0.1, 0.15) is 30.4 Å². The van der Waals surface area contributed by atoms with Crippen molar-refractivity contribution in [3.63, 3.8) is 0 Å². The summed E-state index contributed by atoms with van der Waals surface area (Å²) in [6.45, 7) is 0.298. The summed E-state index contributed by atoms with van der Waals surface area (Å²) in [4.78, 5) is 14.5. The maximum absolute atomic E-state index is 12.6. The van der Waals surface area contributed by atoms with Gasteiger partial charge in [-0.25, -0.2) is 4.79 Å². The van der Waals surface area contributed by atoms with Crippen LogP contribution in [0, 0.1) is 0 Å². The van der Waals surface area contributed by atoms with E-state index in [4.69, 9.17) is 27.9 Å². The minimum absolute atomic E-state index is 0.0575. The molecule has 0 aromatic heterocycles. The number of benzene rings is 2. The monoisotopic (exact) mass is 387 g/mol. The summed E-state index contributed by atoms with van der Waals surface area (Å²) in [7, 11) is 0. The zero-order valence-electron chi connectivity index (χ0n) is 14.2. The van der Waals surface area contributed by atoms with E-state index in [1.807, 2.05) is 47.4 Å². The van der Waals surface area contributed by atoms with Gasteiger partial charge in [0.25, 0.3) is 0 Å². The maximum atomic E-state index is 12.6. The second-order valence-electron chi connectivity index (χ2n) is 6.77. The van der Waals surface area contributed by atoms with E-state index < -0.39 is 0 Å². The number of amides is 1. The normalized spacial score (nSPS) is 21.5. The molecule has 2 unspecified atom stereocenters. The van der Waals surface area contributed by atoms with Gasteiger partial charge in [0.2, 0.25) is 0 Å². The Kier molecular flexibility index (Phi) is 4.92. The smallest absolute Gasteiger partial charge is 0.410 e.